The maximum Gasteiger partial charge on any atom is 0.227 e. The molecule has 2 saturated heterocycles. The Kier molecular flexibility index (Phi) is 6.41. The Bertz CT molecular complexity index is 685. The molecular weight excluding hydrogens is 348 g/mol. The zero-order chi connectivity index (χ0) is 19.2. The Balaban J connectivity index is 1.48. The molecule has 27 heavy (non-hydrogen) atoms. The first-order valence-electron chi connectivity index (χ1n) is 9.29. The van der Waals surface area contributed by atoms with Gasteiger partial charge in [0.1, 0.15) is 0 Å². The van der Waals surface area contributed by atoms with Gasteiger partial charge in [-0.3, -0.25) is 19.3 Å². The molecule has 1 unspecified atom stereocenters. The van der Waals surface area contributed by atoms with Gasteiger partial charge < -0.3 is 20.3 Å². The van der Waals surface area contributed by atoms with Crippen molar-refractivity contribution >= 4 is 29.1 Å². The number of carbonyl (C=O) groups excluding carboxylic acids is 3. The number of hydrogen-bond acceptors (Lipinski definition) is 5. The second kappa shape index (κ2) is 8.96. The summed E-state index contributed by atoms with van der Waals surface area (Å²) in [6, 6.07) is 7.06. The molecule has 1 aromatic carbocycles. The number of hydrogen-bond donors (Lipinski definition) is 2. The van der Waals surface area contributed by atoms with E-state index >= 15 is 0 Å². The van der Waals surface area contributed by atoms with E-state index in [1.54, 1.807) is 29.2 Å². The van der Waals surface area contributed by atoms with Crippen molar-refractivity contribution in [3.05, 3.63) is 24.3 Å². The standard InChI is InChI=1S/C19H26N4O4/c1-14(24)21-16-2-4-17(5-3-16)23-13-15(12-18(23)25)19(26)20-6-7-22-8-10-27-11-9-22/h2-5,15H,6-13H2,1H3,(H,20,26)(H,21,24). The third kappa shape index (κ3) is 5.27. The number of carbonyl (C=O) groups is 3. The number of amides is 3. The SMILES string of the molecule is CC(=O)Nc1ccc(N2CC(C(=O)NCCN3CCOCC3)CC2=O)cc1. The summed E-state index contributed by atoms with van der Waals surface area (Å²) >= 11 is 0. The van der Waals surface area contributed by atoms with E-state index in [0.29, 0.717) is 18.8 Å². The minimum Gasteiger partial charge on any atom is -0.379 e. The fourth-order valence-corrected chi connectivity index (χ4v) is 3.37. The van der Waals surface area contributed by atoms with Gasteiger partial charge >= 0.3 is 0 Å². The van der Waals surface area contributed by atoms with Gasteiger partial charge in [0.2, 0.25) is 17.7 Å². The van der Waals surface area contributed by atoms with Crippen molar-refractivity contribution in [1.29, 1.82) is 0 Å². The van der Waals surface area contributed by atoms with Crippen LogP contribution in [0.15, 0.2) is 24.3 Å². The summed E-state index contributed by atoms with van der Waals surface area (Å²) in [5.41, 5.74) is 1.41. The highest BCUT2D eigenvalue weighted by molar-refractivity contribution is 6.00. The minimum absolute atomic E-state index is 0.0596. The first-order chi connectivity index (χ1) is 13.0. The Hall–Kier alpha value is -2.45. The summed E-state index contributed by atoms with van der Waals surface area (Å²) in [5, 5.41) is 5.64. The van der Waals surface area contributed by atoms with E-state index in [1.807, 2.05) is 0 Å². The molecule has 0 saturated carbocycles. The van der Waals surface area contributed by atoms with Gasteiger partial charge in [0.25, 0.3) is 0 Å². The number of nitrogens with zero attached hydrogens (tertiary/aromatic N) is 2. The van der Waals surface area contributed by atoms with Crippen molar-refractivity contribution in [2.45, 2.75) is 13.3 Å². The van der Waals surface area contributed by atoms with Crippen molar-refractivity contribution in [3.8, 4) is 0 Å². The molecule has 2 fully saturated rings. The second-order valence-electron chi connectivity index (χ2n) is 6.88. The molecule has 2 heterocycles. The number of rotatable bonds is 6. The molecule has 1 aromatic rings. The molecular formula is C19H26N4O4. The molecule has 0 bridgehead atoms. The van der Waals surface area contributed by atoms with Crippen LogP contribution in [0.25, 0.3) is 0 Å². The van der Waals surface area contributed by atoms with Crippen molar-refractivity contribution < 1.29 is 19.1 Å². The number of morpholine rings is 1. The van der Waals surface area contributed by atoms with Crippen LogP contribution in [-0.2, 0) is 19.1 Å². The van der Waals surface area contributed by atoms with Gasteiger partial charge in [0.05, 0.1) is 19.1 Å². The Morgan fingerprint density at radius 3 is 2.56 bits per heavy atom. The van der Waals surface area contributed by atoms with Crippen LogP contribution in [0.4, 0.5) is 11.4 Å². The summed E-state index contributed by atoms with van der Waals surface area (Å²) in [6.07, 6.45) is 0.219. The van der Waals surface area contributed by atoms with Crippen LogP contribution in [0.1, 0.15) is 13.3 Å². The lowest BCUT2D eigenvalue weighted by Crippen LogP contribution is -2.42. The lowest BCUT2D eigenvalue weighted by Gasteiger charge is -2.26. The first-order valence-corrected chi connectivity index (χ1v) is 9.29. The molecule has 8 heteroatoms. The van der Waals surface area contributed by atoms with Gasteiger partial charge in [0, 0.05) is 57.4 Å². The van der Waals surface area contributed by atoms with E-state index in [-0.39, 0.29) is 30.1 Å². The summed E-state index contributed by atoms with van der Waals surface area (Å²) in [4.78, 5) is 39.7. The van der Waals surface area contributed by atoms with Gasteiger partial charge in [-0.05, 0) is 24.3 Å². The molecule has 2 aliphatic rings. The van der Waals surface area contributed by atoms with E-state index in [4.69, 9.17) is 4.74 Å². The Labute approximate surface area is 158 Å². The van der Waals surface area contributed by atoms with Crippen LogP contribution in [0.5, 0.6) is 0 Å². The largest absolute Gasteiger partial charge is 0.379 e. The third-order valence-electron chi connectivity index (χ3n) is 4.83. The fourth-order valence-electron chi connectivity index (χ4n) is 3.37. The van der Waals surface area contributed by atoms with Gasteiger partial charge in [-0.1, -0.05) is 0 Å². The lowest BCUT2D eigenvalue weighted by molar-refractivity contribution is -0.126. The average Bonchev–Trinajstić information content (AvgIpc) is 3.04. The van der Waals surface area contributed by atoms with Crippen LogP contribution in [0.2, 0.25) is 0 Å². The molecule has 0 spiro atoms. The Morgan fingerprint density at radius 2 is 1.89 bits per heavy atom. The maximum absolute atomic E-state index is 12.4. The highest BCUT2D eigenvalue weighted by Gasteiger charge is 2.35. The monoisotopic (exact) mass is 374 g/mol. The molecule has 1 atom stereocenters. The highest BCUT2D eigenvalue weighted by Crippen LogP contribution is 2.26. The second-order valence-corrected chi connectivity index (χ2v) is 6.88. The van der Waals surface area contributed by atoms with Crippen molar-refractivity contribution in [2.75, 3.05) is 56.2 Å². The molecule has 0 aromatic heterocycles. The number of anilines is 2. The van der Waals surface area contributed by atoms with Crippen LogP contribution in [0, 0.1) is 5.92 Å². The average molecular weight is 374 g/mol. The number of nitrogens with one attached hydrogen (secondary N) is 2. The predicted octanol–water partition coefficient (Wildman–Crippen LogP) is 0.446. The van der Waals surface area contributed by atoms with Crippen molar-refractivity contribution in [1.82, 2.24) is 10.2 Å². The molecule has 2 aliphatic heterocycles. The molecule has 3 amide bonds. The molecule has 2 N–H and O–H groups in total. The molecule has 8 nitrogen and oxygen atoms in total. The van der Waals surface area contributed by atoms with E-state index in [0.717, 1.165) is 38.5 Å². The molecule has 146 valence electrons. The van der Waals surface area contributed by atoms with Gasteiger partial charge in [-0.25, -0.2) is 0 Å². The van der Waals surface area contributed by atoms with E-state index in [9.17, 15) is 14.4 Å². The van der Waals surface area contributed by atoms with E-state index in [2.05, 4.69) is 15.5 Å². The molecule has 0 aliphatic carbocycles. The topological polar surface area (TPSA) is 91.0 Å². The van der Waals surface area contributed by atoms with Gasteiger partial charge in [0.15, 0.2) is 0 Å². The van der Waals surface area contributed by atoms with E-state index in [1.165, 1.54) is 6.92 Å². The fraction of sp³-hybridized carbons (Fsp3) is 0.526. The van der Waals surface area contributed by atoms with Crippen LogP contribution >= 0.6 is 0 Å². The lowest BCUT2D eigenvalue weighted by atomic mass is 10.1. The summed E-state index contributed by atoms with van der Waals surface area (Å²) in [5.74, 6) is -0.615. The van der Waals surface area contributed by atoms with Crippen molar-refractivity contribution in [3.63, 3.8) is 0 Å². The van der Waals surface area contributed by atoms with Gasteiger partial charge in [-0.2, -0.15) is 0 Å². The Morgan fingerprint density at radius 1 is 1.19 bits per heavy atom. The van der Waals surface area contributed by atoms with Gasteiger partial charge in [-0.15, -0.1) is 0 Å². The summed E-state index contributed by atoms with van der Waals surface area (Å²) in [6.45, 7) is 6.45. The predicted molar refractivity (Wildman–Crippen MR) is 101 cm³/mol. The maximum atomic E-state index is 12.4. The normalized spacial score (nSPS) is 20.6. The zero-order valence-corrected chi connectivity index (χ0v) is 15.6. The molecule has 0 radical (unpaired) electrons. The summed E-state index contributed by atoms with van der Waals surface area (Å²) in [7, 11) is 0. The van der Waals surface area contributed by atoms with Crippen LogP contribution in [0.3, 0.4) is 0 Å². The van der Waals surface area contributed by atoms with Crippen LogP contribution in [-0.4, -0.2) is 68.6 Å². The molecule has 3 rings (SSSR count). The van der Waals surface area contributed by atoms with Crippen molar-refractivity contribution in [2.24, 2.45) is 5.92 Å². The van der Waals surface area contributed by atoms with E-state index < -0.39 is 0 Å². The summed E-state index contributed by atoms with van der Waals surface area (Å²) < 4.78 is 5.31. The minimum atomic E-state index is -0.336. The highest BCUT2D eigenvalue weighted by atomic mass is 16.5. The third-order valence-corrected chi connectivity index (χ3v) is 4.83. The smallest absolute Gasteiger partial charge is 0.227 e. The first kappa shape index (κ1) is 19.3. The zero-order valence-electron chi connectivity index (χ0n) is 15.6. The quantitative estimate of drug-likeness (QED) is 0.754. The van der Waals surface area contributed by atoms with Crippen LogP contribution < -0.4 is 15.5 Å². The number of ether oxygens (including phenoxy) is 1. The number of benzene rings is 1.